The monoisotopic (exact) mass is 323 g/mol. The highest BCUT2D eigenvalue weighted by atomic mass is 19.1. The first-order valence-corrected chi connectivity index (χ1v) is 7.35. The number of amides is 2. The van der Waals surface area contributed by atoms with Gasteiger partial charge in [-0.15, -0.1) is 0 Å². The zero-order chi connectivity index (χ0) is 16.2. The van der Waals surface area contributed by atoms with Crippen molar-refractivity contribution in [2.75, 3.05) is 18.4 Å². The molecule has 0 aliphatic carbocycles. The highest BCUT2D eigenvalue weighted by Crippen LogP contribution is 2.23. The molecule has 3 rings (SSSR count). The van der Waals surface area contributed by atoms with E-state index in [1.54, 1.807) is 6.20 Å². The van der Waals surface area contributed by atoms with Gasteiger partial charge in [0, 0.05) is 37.3 Å². The number of hydrogen-bond donors (Lipinski definition) is 2. The minimum atomic E-state index is -0.902. The van der Waals surface area contributed by atoms with E-state index in [1.807, 2.05) is 11.8 Å². The van der Waals surface area contributed by atoms with E-state index in [4.69, 9.17) is 4.52 Å². The van der Waals surface area contributed by atoms with Gasteiger partial charge in [-0.2, -0.15) is 0 Å². The number of halogens is 1. The van der Waals surface area contributed by atoms with E-state index in [0.29, 0.717) is 31.9 Å². The summed E-state index contributed by atoms with van der Waals surface area (Å²) in [5, 5.41) is 12.6. The quantitative estimate of drug-likeness (QED) is 0.869. The molecule has 9 heteroatoms. The topological polar surface area (TPSA) is 96.4 Å². The third-order valence-corrected chi connectivity index (χ3v) is 3.88. The summed E-state index contributed by atoms with van der Waals surface area (Å²) in [5.74, 6) is 1.05. The molecule has 1 saturated heterocycles. The largest absolute Gasteiger partial charge is 0.363 e. The van der Waals surface area contributed by atoms with Gasteiger partial charge in [0.1, 0.15) is 18.2 Å². The molecule has 2 amide bonds. The molecule has 1 fully saturated rings. The van der Waals surface area contributed by atoms with Crippen LogP contribution >= 0.6 is 0 Å². The fourth-order valence-corrected chi connectivity index (χ4v) is 2.67. The number of aromatic nitrogens is 2. The number of nitrogens with one attached hydrogen (secondary N) is 2. The van der Waals surface area contributed by atoms with Crippen molar-refractivity contribution in [2.24, 2.45) is 0 Å². The van der Waals surface area contributed by atoms with Crippen LogP contribution in [0.4, 0.5) is 15.0 Å². The third-order valence-electron chi connectivity index (χ3n) is 3.88. The summed E-state index contributed by atoms with van der Waals surface area (Å²) < 4.78 is 23.4. The predicted molar refractivity (Wildman–Crippen MR) is 78.5 cm³/mol. The first-order valence-electron chi connectivity index (χ1n) is 7.35. The Kier molecular flexibility index (Phi) is 4.56. The van der Waals surface area contributed by atoms with Crippen molar-refractivity contribution in [3.63, 3.8) is 0 Å². The number of nitrogens with zero attached hydrogens (tertiary/aromatic N) is 3. The maximum Gasteiger partial charge on any atom is 0.320 e. The van der Waals surface area contributed by atoms with E-state index in [1.165, 1.54) is 12.3 Å². The Morgan fingerprint density at radius 2 is 2.43 bits per heavy atom. The van der Waals surface area contributed by atoms with Crippen molar-refractivity contribution in [1.82, 2.24) is 20.5 Å². The molecule has 1 aliphatic rings. The van der Waals surface area contributed by atoms with Crippen LogP contribution in [-0.4, -0.2) is 46.5 Å². The summed E-state index contributed by atoms with van der Waals surface area (Å²) in [7, 11) is 0. The molecule has 3 heterocycles. The molecular formula is C14H18FN5O3. The average Bonchev–Trinajstić information content (AvgIpc) is 3.22. The lowest BCUT2D eigenvalue weighted by atomic mass is 10.2. The maximum absolute atomic E-state index is 13.8. The maximum atomic E-state index is 13.8. The highest BCUT2D eigenvalue weighted by molar-refractivity contribution is 5.87. The number of carbonyl (C=O) groups excluding carboxylic acids is 1. The van der Waals surface area contributed by atoms with Gasteiger partial charge in [0.2, 0.25) is 0 Å². The molecule has 0 bridgehead atoms. The molecule has 2 N–H and O–H groups in total. The SMILES string of the molecule is Cc1oncc1CN1C[C@@H](F)C[C@H]1CNC(=O)Nc1ccon1. The lowest BCUT2D eigenvalue weighted by Gasteiger charge is -2.23. The van der Waals surface area contributed by atoms with Crippen LogP contribution in [0.2, 0.25) is 0 Å². The van der Waals surface area contributed by atoms with Crippen LogP contribution in [0.5, 0.6) is 0 Å². The van der Waals surface area contributed by atoms with E-state index >= 15 is 0 Å². The van der Waals surface area contributed by atoms with E-state index < -0.39 is 12.2 Å². The fraction of sp³-hybridized carbons (Fsp3) is 0.500. The molecule has 0 unspecified atom stereocenters. The Labute approximate surface area is 132 Å². The van der Waals surface area contributed by atoms with Crippen molar-refractivity contribution >= 4 is 11.8 Å². The third kappa shape index (κ3) is 3.86. The fourth-order valence-electron chi connectivity index (χ4n) is 2.67. The van der Waals surface area contributed by atoms with Crippen LogP contribution in [0.3, 0.4) is 0 Å². The summed E-state index contributed by atoms with van der Waals surface area (Å²) in [5.41, 5.74) is 0.927. The number of anilines is 1. The Balaban J connectivity index is 1.53. The van der Waals surface area contributed by atoms with Crippen molar-refractivity contribution in [3.05, 3.63) is 29.9 Å². The second kappa shape index (κ2) is 6.78. The van der Waals surface area contributed by atoms with Gasteiger partial charge in [0.05, 0.1) is 6.20 Å². The number of hydrogen-bond acceptors (Lipinski definition) is 6. The molecule has 23 heavy (non-hydrogen) atoms. The molecule has 0 radical (unpaired) electrons. The smallest absolute Gasteiger partial charge is 0.320 e. The second-order valence-corrected chi connectivity index (χ2v) is 5.54. The van der Waals surface area contributed by atoms with Gasteiger partial charge in [0.15, 0.2) is 5.82 Å². The Bertz CT molecular complexity index is 645. The van der Waals surface area contributed by atoms with Crippen LogP contribution in [0.1, 0.15) is 17.7 Å². The summed E-state index contributed by atoms with van der Waals surface area (Å²) >= 11 is 0. The molecule has 8 nitrogen and oxygen atoms in total. The van der Waals surface area contributed by atoms with Crippen LogP contribution in [0, 0.1) is 6.92 Å². The van der Waals surface area contributed by atoms with Gasteiger partial charge >= 0.3 is 6.03 Å². The molecule has 2 aromatic rings. The zero-order valence-electron chi connectivity index (χ0n) is 12.7. The zero-order valence-corrected chi connectivity index (χ0v) is 12.7. The van der Waals surface area contributed by atoms with Crippen LogP contribution in [0.15, 0.2) is 27.6 Å². The standard InChI is InChI=1S/C14H18FN5O3/c1-9-10(5-17-23-9)7-20-8-11(15)4-12(20)6-16-14(21)18-13-2-3-22-19-13/h2-3,5,11-12H,4,6-8H2,1H3,(H2,16,18,19,21)/t11-,12-/m0/s1. The van der Waals surface area contributed by atoms with Gasteiger partial charge < -0.3 is 14.4 Å². The Morgan fingerprint density at radius 1 is 1.57 bits per heavy atom. The molecule has 124 valence electrons. The Hall–Kier alpha value is -2.42. The molecule has 2 aromatic heterocycles. The van der Waals surface area contributed by atoms with Gasteiger partial charge in [0.25, 0.3) is 0 Å². The van der Waals surface area contributed by atoms with Crippen molar-refractivity contribution < 1.29 is 18.2 Å². The summed E-state index contributed by atoms with van der Waals surface area (Å²) in [6, 6.07) is 1.05. The molecule has 0 spiro atoms. The van der Waals surface area contributed by atoms with Crippen LogP contribution in [0.25, 0.3) is 0 Å². The Morgan fingerprint density at radius 3 is 3.13 bits per heavy atom. The molecule has 1 aliphatic heterocycles. The van der Waals surface area contributed by atoms with E-state index in [-0.39, 0.29) is 6.04 Å². The number of aryl methyl sites for hydroxylation is 1. The van der Waals surface area contributed by atoms with Gasteiger partial charge in [-0.1, -0.05) is 10.3 Å². The van der Waals surface area contributed by atoms with Crippen molar-refractivity contribution in [3.8, 4) is 0 Å². The number of carbonyl (C=O) groups is 1. The molecule has 2 atom stereocenters. The van der Waals surface area contributed by atoms with E-state index in [2.05, 4.69) is 25.5 Å². The van der Waals surface area contributed by atoms with Gasteiger partial charge in [-0.3, -0.25) is 10.2 Å². The molecule has 0 saturated carbocycles. The van der Waals surface area contributed by atoms with Gasteiger partial charge in [-0.25, -0.2) is 9.18 Å². The van der Waals surface area contributed by atoms with E-state index in [0.717, 1.165) is 11.3 Å². The summed E-state index contributed by atoms with van der Waals surface area (Å²) in [6.45, 7) is 3.05. The van der Waals surface area contributed by atoms with Crippen molar-refractivity contribution in [2.45, 2.75) is 32.1 Å². The number of rotatable bonds is 5. The lowest BCUT2D eigenvalue weighted by molar-refractivity contribution is 0.223. The first-order chi connectivity index (χ1) is 11.1. The lowest BCUT2D eigenvalue weighted by Crippen LogP contribution is -2.41. The van der Waals surface area contributed by atoms with Crippen molar-refractivity contribution in [1.29, 1.82) is 0 Å². The molecular weight excluding hydrogens is 305 g/mol. The van der Waals surface area contributed by atoms with Crippen LogP contribution < -0.4 is 10.6 Å². The first kappa shape index (κ1) is 15.5. The van der Waals surface area contributed by atoms with E-state index in [9.17, 15) is 9.18 Å². The number of alkyl halides is 1. The minimum absolute atomic E-state index is 0.0811. The second-order valence-electron chi connectivity index (χ2n) is 5.54. The van der Waals surface area contributed by atoms with Crippen LogP contribution in [-0.2, 0) is 6.54 Å². The summed E-state index contributed by atoms with van der Waals surface area (Å²) in [6.07, 6.45) is 2.49. The normalized spacial score (nSPS) is 21.5. The van der Waals surface area contributed by atoms with Gasteiger partial charge in [-0.05, 0) is 13.3 Å². The number of urea groups is 1. The molecule has 0 aromatic carbocycles. The average molecular weight is 323 g/mol. The predicted octanol–water partition coefficient (Wildman–Crippen LogP) is 1.71. The minimum Gasteiger partial charge on any atom is -0.363 e. The summed E-state index contributed by atoms with van der Waals surface area (Å²) in [4.78, 5) is 13.8. The highest BCUT2D eigenvalue weighted by Gasteiger charge is 2.32. The number of likely N-dealkylation sites (tertiary alicyclic amines) is 1.